The first-order chi connectivity index (χ1) is 16.0. The van der Waals surface area contributed by atoms with E-state index in [9.17, 15) is 14.9 Å². The van der Waals surface area contributed by atoms with Crippen LogP contribution in [0.25, 0.3) is 0 Å². The van der Waals surface area contributed by atoms with E-state index in [1.807, 2.05) is 24.3 Å². The number of anilines is 2. The fourth-order valence-electron chi connectivity index (χ4n) is 3.92. The molecule has 0 bridgehead atoms. The Morgan fingerprint density at radius 2 is 1.91 bits per heavy atom. The van der Waals surface area contributed by atoms with E-state index in [0.29, 0.717) is 42.4 Å². The van der Waals surface area contributed by atoms with Crippen LogP contribution in [0.5, 0.6) is 0 Å². The van der Waals surface area contributed by atoms with Gasteiger partial charge in [0.1, 0.15) is 5.54 Å². The first-order valence-corrected chi connectivity index (χ1v) is 11.4. The lowest BCUT2D eigenvalue weighted by atomic mass is 10.0. The molecule has 4 N–H and O–H groups in total. The van der Waals surface area contributed by atoms with Crippen molar-refractivity contribution in [3.63, 3.8) is 0 Å². The van der Waals surface area contributed by atoms with Gasteiger partial charge in [-0.05, 0) is 80.0 Å². The Hall–Kier alpha value is -3.86. The molecule has 0 spiro atoms. The number of hydrogen-bond acceptors (Lipinski definition) is 6. The number of carbonyl (C=O) groups is 2. The largest absolute Gasteiger partial charge is 0.356 e. The third-order valence-corrected chi connectivity index (χ3v) is 6.18. The van der Waals surface area contributed by atoms with E-state index in [1.54, 1.807) is 18.2 Å². The molecule has 8 heteroatoms. The molecule has 0 saturated heterocycles. The van der Waals surface area contributed by atoms with Crippen molar-refractivity contribution in [2.45, 2.75) is 43.6 Å². The standard InChI is InChI=1S/C25H26N6O2/c26-15-25(9-10-25)31-23(33)17-3-1-4-19(13-17)29-21-8-7-18(14-20(21)16-5-6-16)22(32)30-24-27-11-2-12-28-24/h1,3-4,7-8,13-14,16,29H,2,5-6,9-12H2,(H,31,33)(H2,27,28,30,32). The molecular formula is C25H26N6O2. The van der Waals surface area contributed by atoms with Crippen LogP contribution in [-0.2, 0) is 0 Å². The number of nitrogens with zero attached hydrogens (tertiary/aromatic N) is 2. The van der Waals surface area contributed by atoms with Gasteiger partial charge in [-0.2, -0.15) is 5.26 Å². The molecule has 8 nitrogen and oxygen atoms in total. The van der Waals surface area contributed by atoms with Gasteiger partial charge in [-0.15, -0.1) is 0 Å². The number of nitriles is 1. The summed E-state index contributed by atoms with van der Waals surface area (Å²) in [6.07, 6.45) is 4.54. The van der Waals surface area contributed by atoms with Gasteiger partial charge >= 0.3 is 0 Å². The maximum absolute atomic E-state index is 12.7. The van der Waals surface area contributed by atoms with Crippen LogP contribution in [-0.4, -0.2) is 36.4 Å². The predicted molar refractivity (Wildman–Crippen MR) is 126 cm³/mol. The summed E-state index contributed by atoms with van der Waals surface area (Å²) in [6, 6.07) is 15.1. The molecular weight excluding hydrogens is 416 g/mol. The van der Waals surface area contributed by atoms with E-state index in [4.69, 9.17) is 0 Å². The summed E-state index contributed by atoms with van der Waals surface area (Å²) < 4.78 is 0. The van der Waals surface area contributed by atoms with Crippen LogP contribution >= 0.6 is 0 Å². The molecule has 2 amide bonds. The minimum Gasteiger partial charge on any atom is -0.356 e. The summed E-state index contributed by atoms with van der Waals surface area (Å²) in [7, 11) is 0. The number of guanidine groups is 1. The minimum absolute atomic E-state index is 0.179. The van der Waals surface area contributed by atoms with Gasteiger partial charge in [0.05, 0.1) is 6.07 Å². The van der Waals surface area contributed by atoms with E-state index < -0.39 is 5.54 Å². The molecule has 168 valence electrons. The smallest absolute Gasteiger partial charge is 0.257 e. The fourth-order valence-corrected chi connectivity index (χ4v) is 3.92. The summed E-state index contributed by atoms with van der Waals surface area (Å²) >= 11 is 0. The minimum atomic E-state index is -0.700. The van der Waals surface area contributed by atoms with Crippen molar-refractivity contribution in [1.29, 1.82) is 5.26 Å². The maximum Gasteiger partial charge on any atom is 0.257 e. The third kappa shape index (κ3) is 4.82. The van der Waals surface area contributed by atoms with Crippen molar-refractivity contribution in [1.82, 2.24) is 16.0 Å². The molecule has 2 aromatic rings. The quantitative estimate of drug-likeness (QED) is 0.548. The normalized spacial score (nSPS) is 18.2. The number of aliphatic imine (C=N–C) groups is 1. The molecule has 5 rings (SSSR count). The molecule has 2 saturated carbocycles. The average molecular weight is 443 g/mol. The van der Waals surface area contributed by atoms with E-state index in [0.717, 1.165) is 42.7 Å². The van der Waals surface area contributed by atoms with Crippen LogP contribution < -0.4 is 21.3 Å². The summed E-state index contributed by atoms with van der Waals surface area (Å²) in [5.74, 6) is 0.524. The van der Waals surface area contributed by atoms with Gasteiger partial charge in [0.15, 0.2) is 5.96 Å². The highest BCUT2D eigenvalue weighted by molar-refractivity contribution is 6.06. The highest BCUT2D eigenvalue weighted by Gasteiger charge is 2.44. The summed E-state index contributed by atoms with van der Waals surface area (Å²) in [4.78, 5) is 29.6. The Kier molecular flexibility index (Phi) is 5.47. The second-order valence-electron chi connectivity index (χ2n) is 8.89. The van der Waals surface area contributed by atoms with Gasteiger partial charge in [0.2, 0.25) is 0 Å². The van der Waals surface area contributed by atoms with Crippen LogP contribution in [0, 0.1) is 11.3 Å². The molecule has 0 aromatic heterocycles. The fraction of sp³-hybridized carbons (Fsp3) is 0.360. The lowest BCUT2D eigenvalue weighted by Crippen LogP contribution is -2.43. The van der Waals surface area contributed by atoms with Crippen molar-refractivity contribution in [2.75, 3.05) is 18.4 Å². The van der Waals surface area contributed by atoms with Crippen LogP contribution in [0.1, 0.15) is 64.3 Å². The van der Waals surface area contributed by atoms with Gasteiger partial charge < -0.3 is 16.0 Å². The van der Waals surface area contributed by atoms with Gasteiger partial charge in [0, 0.05) is 35.6 Å². The van der Waals surface area contributed by atoms with Crippen LogP contribution in [0.4, 0.5) is 11.4 Å². The lowest BCUT2D eigenvalue weighted by Gasteiger charge is -2.17. The molecule has 2 fully saturated rings. The molecule has 2 aromatic carbocycles. The predicted octanol–water partition coefficient (Wildman–Crippen LogP) is 3.17. The maximum atomic E-state index is 12.7. The van der Waals surface area contributed by atoms with Crippen LogP contribution in [0.2, 0.25) is 0 Å². The second-order valence-corrected chi connectivity index (χ2v) is 8.89. The van der Waals surface area contributed by atoms with Gasteiger partial charge in [0.25, 0.3) is 11.8 Å². The SMILES string of the molecule is N#CC1(NC(=O)c2cccc(Nc3ccc(C(=O)NC4=NCCCN4)cc3C3CC3)c2)CC1. The highest BCUT2D eigenvalue weighted by Crippen LogP contribution is 2.44. The first-order valence-electron chi connectivity index (χ1n) is 11.4. The topological polar surface area (TPSA) is 118 Å². The average Bonchev–Trinajstić information content (AvgIpc) is 3.76. The number of hydrogen-bond donors (Lipinski definition) is 4. The molecule has 0 unspecified atom stereocenters. The molecule has 2 aliphatic carbocycles. The molecule has 1 aliphatic heterocycles. The zero-order valence-corrected chi connectivity index (χ0v) is 18.3. The monoisotopic (exact) mass is 442 g/mol. The Morgan fingerprint density at radius 1 is 1.09 bits per heavy atom. The Bertz CT molecular complexity index is 1170. The van der Waals surface area contributed by atoms with E-state index >= 15 is 0 Å². The van der Waals surface area contributed by atoms with Crippen molar-refractivity contribution in [3.8, 4) is 6.07 Å². The Morgan fingerprint density at radius 3 is 2.61 bits per heavy atom. The Labute approximate surface area is 192 Å². The van der Waals surface area contributed by atoms with Gasteiger partial charge in [-0.25, -0.2) is 0 Å². The Balaban J connectivity index is 1.32. The molecule has 0 radical (unpaired) electrons. The number of benzene rings is 2. The number of rotatable bonds is 6. The van der Waals surface area contributed by atoms with E-state index in [2.05, 4.69) is 32.3 Å². The summed E-state index contributed by atoms with van der Waals surface area (Å²) in [5, 5.41) is 21.4. The first kappa shape index (κ1) is 21.0. The number of nitrogens with one attached hydrogen (secondary N) is 4. The van der Waals surface area contributed by atoms with Gasteiger partial charge in [-0.3, -0.25) is 19.9 Å². The van der Waals surface area contributed by atoms with E-state index in [-0.39, 0.29) is 11.8 Å². The molecule has 0 atom stereocenters. The van der Waals surface area contributed by atoms with Crippen molar-refractivity contribution >= 4 is 29.1 Å². The number of amides is 2. The molecule has 33 heavy (non-hydrogen) atoms. The number of carbonyl (C=O) groups excluding carboxylic acids is 2. The molecule has 3 aliphatic rings. The zero-order chi connectivity index (χ0) is 22.8. The van der Waals surface area contributed by atoms with Crippen molar-refractivity contribution in [3.05, 3.63) is 59.2 Å². The zero-order valence-electron chi connectivity index (χ0n) is 18.3. The van der Waals surface area contributed by atoms with Gasteiger partial charge in [-0.1, -0.05) is 6.07 Å². The van der Waals surface area contributed by atoms with E-state index in [1.165, 1.54) is 0 Å². The lowest BCUT2D eigenvalue weighted by molar-refractivity contribution is 0.0939. The summed E-state index contributed by atoms with van der Waals surface area (Å²) in [6.45, 7) is 1.53. The van der Waals surface area contributed by atoms with Crippen molar-refractivity contribution in [2.24, 2.45) is 4.99 Å². The molecule has 1 heterocycles. The highest BCUT2D eigenvalue weighted by atomic mass is 16.2. The van der Waals surface area contributed by atoms with Crippen LogP contribution in [0.3, 0.4) is 0 Å². The van der Waals surface area contributed by atoms with Crippen LogP contribution in [0.15, 0.2) is 47.5 Å². The third-order valence-electron chi connectivity index (χ3n) is 6.18. The second kappa shape index (κ2) is 8.58. The van der Waals surface area contributed by atoms with Crippen molar-refractivity contribution < 1.29 is 9.59 Å². The summed E-state index contributed by atoms with van der Waals surface area (Å²) in [5.41, 5.74) is 3.20.